The van der Waals surface area contributed by atoms with E-state index in [1.807, 2.05) is 0 Å². The Hall–Kier alpha value is -6.04. The van der Waals surface area contributed by atoms with E-state index in [0.717, 1.165) is 0 Å². The van der Waals surface area contributed by atoms with Crippen molar-refractivity contribution in [2.24, 2.45) is 0 Å². The molecule has 3 aromatic rings. The second-order valence-corrected chi connectivity index (χ2v) is 18.5. The molecule has 18 nitrogen and oxygen atoms in total. The third-order valence-electron chi connectivity index (χ3n) is 10.3. The monoisotopic (exact) mass is 884 g/mol. The minimum Gasteiger partial charge on any atom is -0.465 e. The number of hydrogen-bond acceptors (Lipinski definition) is 18. The van der Waals surface area contributed by atoms with Crippen LogP contribution in [0.5, 0.6) is 69.0 Å². The van der Waals surface area contributed by atoms with Gasteiger partial charge in [0.15, 0.2) is 85.7 Å². The van der Waals surface area contributed by atoms with Gasteiger partial charge in [0.25, 0.3) is 0 Å². The van der Waals surface area contributed by atoms with Gasteiger partial charge in [-0.2, -0.15) is 0 Å². The second-order valence-electron chi connectivity index (χ2n) is 18.0. The van der Waals surface area contributed by atoms with Crippen LogP contribution in [0.25, 0.3) is 0 Å². The van der Waals surface area contributed by atoms with Crippen molar-refractivity contribution in [1.29, 1.82) is 0 Å². The zero-order valence-corrected chi connectivity index (χ0v) is 37.5. The lowest BCUT2D eigenvalue weighted by atomic mass is 9.78. The van der Waals surface area contributed by atoms with Crippen LogP contribution in [0.15, 0.2) is 0 Å². The Morgan fingerprint density at radius 3 is 0.629 bits per heavy atom. The number of esters is 3. The highest BCUT2D eigenvalue weighted by molar-refractivity contribution is 6.31. The average molecular weight is 885 g/mol. The van der Waals surface area contributed by atoms with Gasteiger partial charge in [-0.25, -0.2) is 14.4 Å². The van der Waals surface area contributed by atoms with E-state index in [1.54, 1.807) is 83.1 Å². The molecular weight excluding hydrogens is 840 g/mol. The topological polar surface area (TPSA) is 190 Å². The lowest BCUT2D eigenvalue weighted by molar-refractivity contribution is -0.0497. The van der Waals surface area contributed by atoms with Crippen LogP contribution < -0.4 is 56.8 Å². The zero-order chi connectivity index (χ0) is 45.2. The third kappa shape index (κ3) is 5.77. The molecule has 0 fully saturated rings. The Labute approximate surface area is 360 Å². The first kappa shape index (κ1) is 41.3. The number of carbonyl (C=O) groups excluding carboxylic acids is 3. The number of ether oxygens (including phenoxy) is 15. The van der Waals surface area contributed by atoms with E-state index in [4.69, 9.17) is 82.7 Å². The highest BCUT2D eigenvalue weighted by Crippen LogP contribution is 2.73. The van der Waals surface area contributed by atoms with Crippen molar-refractivity contribution in [2.75, 3.05) is 21.3 Å². The molecule has 0 saturated carbocycles. The van der Waals surface area contributed by atoms with Gasteiger partial charge in [0, 0.05) is 83.1 Å². The van der Waals surface area contributed by atoms with Gasteiger partial charge in [-0.15, -0.1) is 11.6 Å². The van der Waals surface area contributed by atoms with Crippen LogP contribution in [-0.2, 0) is 19.1 Å². The number of methoxy groups -OCH3 is 3. The summed E-state index contributed by atoms with van der Waals surface area (Å²) >= 11 is 8.71. The molecule has 6 aliphatic rings. The molecule has 9 rings (SSSR count). The summed E-state index contributed by atoms with van der Waals surface area (Å²) in [5.74, 6) is -12.9. The van der Waals surface area contributed by atoms with Crippen molar-refractivity contribution in [1.82, 2.24) is 0 Å². The maximum Gasteiger partial charge on any atom is 0.345 e. The van der Waals surface area contributed by atoms with Crippen LogP contribution in [0.1, 0.15) is 131 Å². The normalized spacial score (nSPS) is 20.5. The molecular formula is C43H45ClO18. The average Bonchev–Trinajstić information content (AvgIpc) is 3.95. The zero-order valence-electron chi connectivity index (χ0n) is 36.7. The molecule has 6 aliphatic heterocycles. The fourth-order valence-electron chi connectivity index (χ4n) is 8.40. The molecule has 0 N–H and O–H groups in total. The van der Waals surface area contributed by atoms with Crippen LogP contribution in [-0.4, -0.2) is 74.0 Å². The summed E-state index contributed by atoms with van der Waals surface area (Å²) in [6, 6.07) is 0. The number of rotatable bonds is 6. The molecule has 332 valence electrons. The number of fused-ring (bicyclic) bond motifs is 6. The summed E-state index contributed by atoms with van der Waals surface area (Å²) in [6.07, 6.45) is 0. The Morgan fingerprint density at radius 1 is 0.339 bits per heavy atom. The van der Waals surface area contributed by atoms with Gasteiger partial charge in [0.1, 0.15) is 4.87 Å². The number of alkyl halides is 1. The minimum atomic E-state index is -2.46. The summed E-state index contributed by atoms with van der Waals surface area (Å²) in [5.41, 5.74) is -0.767. The van der Waals surface area contributed by atoms with Gasteiger partial charge >= 0.3 is 17.9 Å². The molecule has 0 saturated heterocycles. The van der Waals surface area contributed by atoms with E-state index in [9.17, 15) is 14.4 Å². The number of benzene rings is 3. The van der Waals surface area contributed by atoms with Gasteiger partial charge < -0.3 is 71.1 Å². The number of halogens is 1. The highest BCUT2D eigenvalue weighted by atomic mass is 35.5. The summed E-state index contributed by atoms with van der Waals surface area (Å²) < 4.78 is 94.3. The van der Waals surface area contributed by atoms with E-state index >= 15 is 0 Å². The molecule has 0 atom stereocenters. The fourth-order valence-corrected chi connectivity index (χ4v) is 8.92. The van der Waals surface area contributed by atoms with E-state index in [2.05, 4.69) is 0 Å². The molecule has 0 radical (unpaired) electrons. The first-order valence-electron chi connectivity index (χ1n) is 19.5. The summed E-state index contributed by atoms with van der Waals surface area (Å²) in [5, 5.41) is 0. The Kier molecular flexibility index (Phi) is 8.21. The lowest BCUT2D eigenvalue weighted by Crippen LogP contribution is -2.34. The predicted octanol–water partition coefficient (Wildman–Crippen LogP) is 7.62. The molecule has 6 heterocycles. The van der Waals surface area contributed by atoms with Crippen LogP contribution in [0.3, 0.4) is 0 Å². The van der Waals surface area contributed by atoms with E-state index < -0.39 is 57.5 Å². The molecule has 0 bridgehead atoms. The highest BCUT2D eigenvalue weighted by Gasteiger charge is 2.63. The van der Waals surface area contributed by atoms with Gasteiger partial charge in [-0.05, 0) is 0 Å². The Bertz CT molecular complexity index is 2170. The lowest BCUT2D eigenvalue weighted by Gasteiger charge is -2.34. The molecule has 0 aromatic heterocycles. The van der Waals surface area contributed by atoms with Crippen LogP contribution in [0.2, 0.25) is 0 Å². The van der Waals surface area contributed by atoms with Crippen LogP contribution >= 0.6 is 11.6 Å². The van der Waals surface area contributed by atoms with Crippen molar-refractivity contribution in [3.8, 4) is 69.0 Å². The van der Waals surface area contributed by atoms with Crippen molar-refractivity contribution in [3.05, 3.63) is 33.4 Å². The first-order valence-corrected chi connectivity index (χ1v) is 19.9. The largest absolute Gasteiger partial charge is 0.465 e. The predicted molar refractivity (Wildman–Crippen MR) is 211 cm³/mol. The Balaban J connectivity index is 1.56. The van der Waals surface area contributed by atoms with Gasteiger partial charge in [-0.1, -0.05) is 0 Å². The Morgan fingerprint density at radius 2 is 0.484 bits per heavy atom. The van der Waals surface area contributed by atoms with E-state index in [0.29, 0.717) is 0 Å². The SMILES string of the molecule is COC(=O)c1c2c(c(C(Cl)(c3c4c(c(C(=O)OC)c5c3OC(C)(C)O5)OC(C)(C)O4)c3c4c(c(C(=O)OC)c5c3OC(C)(C)O5)OC(C)(C)O4)c3c1OC(C)(C)O3)OC(C)(C)O2. The van der Waals surface area contributed by atoms with Crippen molar-refractivity contribution >= 4 is 29.5 Å². The van der Waals surface area contributed by atoms with Crippen LogP contribution in [0, 0.1) is 0 Å². The van der Waals surface area contributed by atoms with Crippen molar-refractivity contribution in [2.45, 2.75) is 123 Å². The summed E-state index contributed by atoms with van der Waals surface area (Å²) in [6.45, 7) is 19.4. The first-order chi connectivity index (χ1) is 28.6. The summed E-state index contributed by atoms with van der Waals surface area (Å²) in [7, 11) is 3.60. The molecule has 0 spiro atoms. The van der Waals surface area contributed by atoms with Crippen molar-refractivity contribution in [3.63, 3.8) is 0 Å². The smallest absolute Gasteiger partial charge is 0.345 e. The fraction of sp³-hybridized carbons (Fsp3) is 0.512. The summed E-state index contributed by atoms with van der Waals surface area (Å²) in [4.78, 5) is 39.1. The maximum absolute atomic E-state index is 13.9. The molecule has 62 heavy (non-hydrogen) atoms. The van der Waals surface area contributed by atoms with Gasteiger partial charge in [-0.3, -0.25) is 0 Å². The standard InChI is InChI=1S/C43H45ClO18/c1-37(2)51-22-16(34(45)48-13)23-29(58-38(3,4)52-23)19(28(22)57-37)43(44,20-30-24(53-39(5,6)59-30)17(35(46)49-14)25-31(20)60-40(7,8)54-25)21-32-26(55-41(9,10)61-32)18(36(47)50-15)27-33(21)62-42(11,12)56-27/h1-15H3. The maximum atomic E-state index is 13.9. The van der Waals surface area contributed by atoms with E-state index in [-0.39, 0.29) is 102 Å². The second kappa shape index (κ2) is 12.3. The van der Waals surface area contributed by atoms with Crippen molar-refractivity contribution < 1.29 is 85.4 Å². The molecule has 19 heteroatoms. The molecule has 0 aliphatic carbocycles. The number of hydrogen-bond donors (Lipinski definition) is 0. The number of carbonyl (C=O) groups is 3. The van der Waals surface area contributed by atoms with Gasteiger partial charge in [0.2, 0.25) is 34.7 Å². The quantitative estimate of drug-likeness (QED) is 0.102. The molecule has 3 aromatic carbocycles. The minimum absolute atomic E-state index is 0.0818. The molecule has 0 amide bonds. The van der Waals surface area contributed by atoms with Gasteiger partial charge in [0.05, 0.1) is 38.0 Å². The van der Waals surface area contributed by atoms with Crippen LogP contribution in [0.4, 0.5) is 0 Å². The van der Waals surface area contributed by atoms with E-state index in [1.165, 1.54) is 21.3 Å². The third-order valence-corrected chi connectivity index (χ3v) is 10.9. The molecule has 0 unspecified atom stereocenters.